The van der Waals surface area contributed by atoms with Gasteiger partial charge in [0.15, 0.2) is 0 Å². The summed E-state index contributed by atoms with van der Waals surface area (Å²) in [6.07, 6.45) is 1.26. The first-order chi connectivity index (χ1) is 8.22. The number of benzene rings is 1. The highest BCUT2D eigenvalue weighted by molar-refractivity contribution is 5.68. The predicted molar refractivity (Wildman–Crippen MR) is 66.9 cm³/mol. The second kappa shape index (κ2) is 4.97. The van der Waals surface area contributed by atoms with E-state index < -0.39 is 6.10 Å². The smallest absolute Gasteiger partial charge is 0.221 e. The van der Waals surface area contributed by atoms with Crippen molar-refractivity contribution in [3.63, 3.8) is 0 Å². The average Bonchev–Trinajstić information content (AvgIpc) is 2.39. The Hall–Kier alpha value is -1.87. The summed E-state index contributed by atoms with van der Waals surface area (Å²) in [6, 6.07) is 11.6. The van der Waals surface area contributed by atoms with Crippen molar-refractivity contribution in [2.75, 3.05) is 7.11 Å². The predicted octanol–water partition coefficient (Wildman–Crippen LogP) is 2.81. The number of hydrogen-bond acceptors (Lipinski definition) is 3. The van der Waals surface area contributed by atoms with E-state index in [0.717, 1.165) is 16.7 Å². The van der Waals surface area contributed by atoms with Gasteiger partial charge in [0.25, 0.3) is 0 Å². The Labute approximate surface area is 101 Å². The zero-order valence-corrected chi connectivity index (χ0v) is 9.92. The van der Waals surface area contributed by atoms with Crippen molar-refractivity contribution in [3.8, 4) is 17.0 Å². The Morgan fingerprint density at radius 1 is 1.18 bits per heavy atom. The second-order valence-electron chi connectivity index (χ2n) is 3.86. The summed E-state index contributed by atoms with van der Waals surface area (Å²) in [5.41, 5.74) is 2.88. The van der Waals surface area contributed by atoms with Gasteiger partial charge in [-0.1, -0.05) is 24.3 Å². The van der Waals surface area contributed by atoms with E-state index in [1.165, 1.54) is 0 Å². The van der Waals surface area contributed by atoms with Gasteiger partial charge >= 0.3 is 0 Å². The van der Waals surface area contributed by atoms with Crippen molar-refractivity contribution in [1.82, 2.24) is 4.98 Å². The number of aliphatic hydroxyl groups excluding tert-OH is 1. The summed E-state index contributed by atoms with van der Waals surface area (Å²) < 4.78 is 5.22. The van der Waals surface area contributed by atoms with Gasteiger partial charge in [0, 0.05) is 11.8 Å². The number of methoxy groups -OCH3 is 1. The molecule has 1 aromatic heterocycles. The third-order valence-corrected chi connectivity index (χ3v) is 2.67. The Bertz CT molecular complexity index is 492. The number of rotatable bonds is 3. The maximum atomic E-state index is 9.45. The maximum Gasteiger partial charge on any atom is 0.221 e. The summed E-state index contributed by atoms with van der Waals surface area (Å²) in [7, 11) is 1.61. The van der Waals surface area contributed by atoms with Crippen LogP contribution in [-0.4, -0.2) is 17.2 Å². The zero-order chi connectivity index (χ0) is 12.3. The summed E-state index contributed by atoms with van der Waals surface area (Å²) in [6.45, 7) is 1.75. The van der Waals surface area contributed by atoms with Crippen LogP contribution in [0.2, 0.25) is 0 Å². The van der Waals surface area contributed by atoms with Crippen LogP contribution in [0, 0.1) is 0 Å². The van der Waals surface area contributed by atoms with Crippen LogP contribution in [0.3, 0.4) is 0 Å². The van der Waals surface area contributed by atoms with E-state index in [4.69, 9.17) is 4.74 Å². The molecule has 1 heterocycles. The first-order valence-electron chi connectivity index (χ1n) is 5.50. The minimum atomic E-state index is -0.445. The van der Waals surface area contributed by atoms with Crippen LogP contribution in [0.25, 0.3) is 11.1 Å². The lowest BCUT2D eigenvalue weighted by Gasteiger charge is -2.09. The molecule has 0 radical (unpaired) electrons. The lowest BCUT2D eigenvalue weighted by Crippen LogP contribution is -1.92. The molecule has 3 heteroatoms. The highest BCUT2D eigenvalue weighted by Crippen LogP contribution is 2.28. The van der Waals surface area contributed by atoms with Gasteiger partial charge in [-0.15, -0.1) is 0 Å². The maximum absolute atomic E-state index is 9.45. The third-order valence-electron chi connectivity index (χ3n) is 2.67. The number of hydrogen-bond donors (Lipinski definition) is 1. The van der Waals surface area contributed by atoms with Crippen molar-refractivity contribution >= 4 is 0 Å². The number of nitrogens with zero attached hydrogens (tertiary/aromatic N) is 1. The van der Waals surface area contributed by atoms with Crippen molar-refractivity contribution in [3.05, 3.63) is 48.2 Å². The van der Waals surface area contributed by atoms with Crippen molar-refractivity contribution in [1.29, 1.82) is 0 Å². The van der Waals surface area contributed by atoms with E-state index in [9.17, 15) is 5.11 Å². The number of aliphatic hydroxyl groups is 1. The standard InChI is InChI=1S/C14H15NO2/c1-10(16)11-5-7-12(8-6-11)13-4-3-9-15-14(13)17-2/h3-10,16H,1-2H3. The zero-order valence-electron chi connectivity index (χ0n) is 9.92. The molecule has 0 fully saturated rings. The fourth-order valence-electron chi connectivity index (χ4n) is 1.71. The molecule has 3 nitrogen and oxygen atoms in total. The number of aromatic nitrogens is 1. The van der Waals surface area contributed by atoms with Crippen molar-refractivity contribution in [2.24, 2.45) is 0 Å². The van der Waals surface area contributed by atoms with Crippen molar-refractivity contribution in [2.45, 2.75) is 13.0 Å². The molecule has 0 aliphatic heterocycles. The quantitative estimate of drug-likeness (QED) is 0.880. The minimum Gasteiger partial charge on any atom is -0.481 e. The highest BCUT2D eigenvalue weighted by Gasteiger charge is 2.07. The van der Waals surface area contributed by atoms with Crippen LogP contribution in [-0.2, 0) is 0 Å². The Morgan fingerprint density at radius 2 is 1.88 bits per heavy atom. The van der Waals surface area contributed by atoms with Crippen LogP contribution in [0.1, 0.15) is 18.6 Å². The topological polar surface area (TPSA) is 42.4 Å². The summed E-state index contributed by atoms with van der Waals surface area (Å²) in [4.78, 5) is 4.16. The molecular weight excluding hydrogens is 214 g/mol. The fraction of sp³-hybridized carbons (Fsp3) is 0.214. The molecule has 1 aromatic carbocycles. The van der Waals surface area contributed by atoms with Gasteiger partial charge in [-0.05, 0) is 30.2 Å². The summed E-state index contributed by atoms with van der Waals surface area (Å²) in [5.74, 6) is 0.609. The fourth-order valence-corrected chi connectivity index (χ4v) is 1.71. The van der Waals surface area contributed by atoms with E-state index in [1.807, 2.05) is 36.4 Å². The Kier molecular flexibility index (Phi) is 3.40. The minimum absolute atomic E-state index is 0.445. The molecule has 2 rings (SSSR count). The first-order valence-corrected chi connectivity index (χ1v) is 5.50. The molecular formula is C14H15NO2. The lowest BCUT2D eigenvalue weighted by atomic mass is 10.0. The molecule has 0 amide bonds. The normalized spacial score (nSPS) is 12.2. The van der Waals surface area contributed by atoms with Gasteiger partial charge in [-0.25, -0.2) is 4.98 Å². The molecule has 0 saturated carbocycles. The summed E-state index contributed by atoms with van der Waals surface area (Å²) >= 11 is 0. The van der Waals surface area contributed by atoms with Crippen LogP contribution in [0.5, 0.6) is 5.88 Å². The van der Waals surface area contributed by atoms with E-state index in [1.54, 1.807) is 20.2 Å². The van der Waals surface area contributed by atoms with Crippen LogP contribution < -0.4 is 4.74 Å². The average molecular weight is 229 g/mol. The molecule has 0 spiro atoms. The molecule has 1 N–H and O–H groups in total. The molecule has 0 aliphatic carbocycles. The van der Waals surface area contributed by atoms with E-state index >= 15 is 0 Å². The van der Waals surface area contributed by atoms with Gasteiger partial charge < -0.3 is 9.84 Å². The van der Waals surface area contributed by atoms with Gasteiger partial charge in [0.2, 0.25) is 5.88 Å². The van der Waals surface area contributed by atoms with Gasteiger partial charge in [-0.3, -0.25) is 0 Å². The molecule has 0 saturated heterocycles. The molecule has 1 atom stereocenters. The largest absolute Gasteiger partial charge is 0.481 e. The highest BCUT2D eigenvalue weighted by atomic mass is 16.5. The van der Waals surface area contributed by atoms with Gasteiger partial charge in [0.05, 0.1) is 13.2 Å². The Morgan fingerprint density at radius 3 is 2.47 bits per heavy atom. The molecule has 2 aromatic rings. The van der Waals surface area contributed by atoms with E-state index in [2.05, 4.69) is 4.98 Å². The first kappa shape index (κ1) is 11.6. The number of pyridine rings is 1. The molecule has 0 aliphatic rings. The van der Waals surface area contributed by atoms with Gasteiger partial charge in [-0.2, -0.15) is 0 Å². The molecule has 88 valence electrons. The molecule has 17 heavy (non-hydrogen) atoms. The number of ether oxygens (including phenoxy) is 1. The van der Waals surface area contributed by atoms with Crippen LogP contribution in [0.15, 0.2) is 42.6 Å². The van der Waals surface area contributed by atoms with Crippen LogP contribution >= 0.6 is 0 Å². The lowest BCUT2D eigenvalue weighted by molar-refractivity contribution is 0.199. The molecule has 0 bridgehead atoms. The summed E-state index contributed by atoms with van der Waals surface area (Å²) in [5, 5.41) is 9.45. The van der Waals surface area contributed by atoms with Gasteiger partial charge in [0.1, 0.15) is 0 Å². The molecule has 1 unspecified atom stereocenters. The monoisotopic (exact) mass is 229 g/mol. The van der Waals surface area contributed by atoms with E-state index in [-0.39, 0.29) is 0 Å². The van der Waals surface area contributed by atoms with Crippen molar-refractivity contribution < 1.29 is 9.84 Å². The van der Waals surface area contributed by atoms with E-state index in [0.29, 0.717) is 5.88 Å². The van der Waals surface area contributed by atoms with Crippen LogP contribution in [0.4, 0.5) is 0 Å². The third kappa shape index (κ3) is 2.45. The second-order valence-corrected chi connectivity index (χ2v) is 3.86. The Balaban J connectivity index is 2.40. The SMILES string of the molecule is COc1ncccc1-c1ccc(C(C)O)cc1.